The Balaban J connectivity index is 1.04. The molecule has 2 aromatic carbocycles. The van der Waals surface area contributed by atoms with E-state index in [2.05, 4.69) is 68.9 Å². The zero-order valence-corrected chi connectivity index (χ0v) is 22.0. The Bertz CT molecular complexity index is 1520. The number of likely N-dealkylation sites (tertiary alicyclic amines) is 1. The third-order valence-corrected chi connectivity index (χ3v) is 8.81. The highest BCUT2D eigenvalue weighted by Crippen LogP contribution is 2.37. The van der Waals surface area contributed by atoms with Crippen molar-refractivity contribution in [2.45, 2.75) is 51.1 Å². The van der Waals surface area contributed by atoms with Crippen molar-refractivity contribution in [2.24, 2.45) is 16.1 Å². The highest BCUT2D eigenvalue weighted by atomic mass is 32.1. The molecule has 1 fully saturated rings. The first-order valence-corrected chi connectivity index (χ1v) is 14.0. The third kappa shape index (κ3) is 5.09. The van der Waals surface area contributed by atoms with Gasteiger partial charge in [0.25, 0.3) is 0 Å². The molecule has 1 atom stereocenters. The number of Topliss-reactive ketones (excluding diaryl/α,β-unsaturated/α-hetero) is 1. The van der Waals surface area contributed by atoms with Crippen LogP contribution in [0.3, 0.4) is 0 Å². The van der Waals surface area contributed by atoms with Crippen molar-refractivity contribution in [3.05, 3.63) is 59.8 Å². The van der Waals surface area contributed by atoms with Crippen LogP contribution in [0.1, 0.15) is 54.4 Å². The summed E-state index contributed by atoms with van der Waals surface area (Å²) in [5.41, 5.74) is 5.03. The Hall–Kier alpha value is -3.34. The van der Waals surface area contributed by atoms with Crippen LogP contribution in [0.25, 0.3) is 26.4 Å². The van der Waals surface area contributed by atoms with Crippen LogP contribution in [0, 0.1) is 25.2 Å². The fraction of sp³-hybridized carbons (Fsp3) is 0.400. The van der Waals surface area contributed by atoms with Crippen molar-refractivity contribution >= 4 is 32.3 Å². The molecule has 0 N–H and O–H groups in total. The highest BCUT2D eigenvalue weighted by molar-refractivity contribution is 7.23. The van der Waals surface area contributed by atoms with Gasteiger partial charge >= 0.3 is 0 Å². The SMILES string of the molecule is C#CCCC1(CCN2CC[C@H](CCC(=O)c3ccc4c(c3)sc3nc(-c5ccc(C)cc5)cn34)C2)N=N1. The summed E-state index contributed by atoms with van der Waals surface area (Å²) in [6.07, 6.45) is 12.7. The molecule has 37 heavy (non-hydrogen) atoms. The molecule has 0 unspecified atom stereocenters. The van der Waals surface area contributed by atoms with Gasteiger partial charge in [-0.25, -0.2) is 4.98 Å². The van der Waals surface area contributed by atoms with Gasteiger partial charge in [0.15, 0.2) is 16.4 Å². The van der Waals surface area contributed by atoms with Crippen molar-refractivity contribution in [3.63, 3.8) is 0 Å². The van der Waals surface area contributed by atoms with Gasteiger partial charge in [0.1, 0.15) is 0 Å². The number of benzene rings is 2. The highest BCUT2D eigenvalue weighted by Gasteiger charge is 2.39. The number of terminal acetylenes is 1. The molecule has 2 aromatic heterocycles. The maximum absolute atomic E-state index is 13.0. The second-order valence-electron chi connectivity index (χ2n) is 10.5. The Kier molecular flexibility index (Phi) is 6.39. The number of carbonyl (C=O) groups excluding carboxylic acids is 1. The number of aromatic nitrogens is 2. The van der Waals surface area contributed by atoms with E-state index in [4.69, 9.17) is 11.4 Å². The lowest BCUT2D eigenvalue weighted by atomic mass is 9.98. The number of imidazole rings is 1. The molecule has 188 valence electrons. The maximum Gasteiger partial charge on any atom is 0.195 e. The van der Waals surface area contributed by atoms with Crippen LogP contribution in [0.4, 0.5) is 0 Å². The number of thiazole rings is 1. The van der Waals surface area contributed by atoms with Gasteiger partial charge < -0.3 is 4.90 Å². The van der Waals surface area contributed by atoms with E-state index >= 15 is 0 Å². The van der Waals surface area contributed by atoms with Crippen molar-refractivity contribution in [2.75, 3.05) is 19.6 Å². The molecule has 0 radical (unpaired) electrons. The summed E-state index contributed by atoms with van der Waals surface area (Å²) < 4.78 is 3.24. The Morgan fingerprint density at radius 2 is 2.03 bits per heavy atom. The van der Waals surface area contributed by atoms with Crippen LogP contribution < -0.4 is 0 Å². The molecule has 0 bridgehead atoms. The maximum atomic E-state index is 13.0. The van der Waals surface area contributed by atoms with Crippen molar-refractivity contribution in [1.82, 2.24) is 14.3 Å². The molecular weight excluding hydrogens is 478 g/mol. The van der Waals surface area contributed by atoms with Gasteiger partial charge in [-0.2, -0.15) is 10.2 Å². The van der Waals surface area contributed by atoms with E-state index in [-0.39, 0.29) is 11.4 Å². The van der Waals surface area contributed by atoms with Gasteiger partial charge in [-0.15, -0.1) is 12.3 Å². The van der Waals surface area contributed by atoms with Gasteiger partial charge in [0.2, 0.25) is 0 Å². The lowest BCUT2D eigenvalue weighted by molar-refractivity contribution is 0.0974. The number of hydrogen-bond acceptors (Lipinski definition) is 6. The summed E-state index contributed by atoms with van der Waals surface area (Å²) in [4.78, 5) is 21.3. The lowest BCUT2D eigenvalue weighted by Crippen LogP contribution is -2.26. The van der Waals surface area contributed by atoms with Crippen molar-refractivity contribution < 1.29 is 4.79 Å². The Morgan fingerprint density at radius 1 is 1.19 bits per heavy atom. The van der Waals surface area contributed by atoms with Crippen LogP contribution in [0.15, 0.2) is 58.9 Å². The van der Waals surface area contributed by atoms with E-state index in [1.54, 1.807) is 11.3 Å². The third-order valence-electron chi connectivity index (χ3n) is 7.79. The number of carbonyl (C=O) groups is 1. The van der Waals surface area contributed by atoms with E-state index in [0.717, 1.165) is 83.7 Å². The molecule has 4 aromatic rings. The molecule has 0 amide bonds. The summed E-state index contributed by atoms with van der Waals surface area (Å²) in [5.74, 6) is 3.50. The van der Waals surface area contributed by atoms with Gasteiger partial charge in [-0.1, -0.05) is 41.2 Å². The molecule has 2 aliphatic heterocycles. The van der Waals surface area contributed by atoms with E-state index < -0.39 is 0 Å². The quantitative estimate of drug-likeness (QED) is 0.175. The molecule has 2 aliphatic rings. The second kappa shape index (κ2) is 9.85. The summed E-state index contributed by atoms with van der Waals surface area (Å²) in [6.45, 7) is 5.25. The van der Waals surface area contributed by atoms with Crippen LogP contribution >= 0.6 is 11.3 Å². The predicted molar refractivity (Wildman–Crippen MR) is 149 cm³/mol. The first kappa shape index (κ1) is 24.0. The first-order chi connectivity index (χ1) is 18.0. The monoisotopic (exact) mass is 509 g/mol. The van der Waals surface area contributed by atoms with Gasteiger partial charge in [0.05, 0.1) is 15.9 Å². The molecular formula is C30H31N5OS. The molecule has 6 nitrogen and oxygen atoms in total. The molecule has 0 aliphatic carbocycles. The number of fused-ring (bicyclic) bond motifs is 3. The smallest absolute Gasteiger partial charge is 0.195 e. The van der Waals surface area contributed by atoms with Crippen molar-refractivity contribution in [3.8, 4) is 23.6 Å². The normalized spacial score (nSPS) is 18.5. The molecule has 4 heterocycles. The Labute approximate surface area is 221 Å². The second-order valence-corrected chi connectivity index (χ2v) is 11.5. The van der Waals surface area contributed by atoms with Crippen LogP contribution in [0.2, 0.25) is 0 Å². The van der Waals surface area contributed by atoms with Crippen LogP contribution in [-0.4, -0.2) is 45.4 Å². The minimum absolute atomic E-state index is 0.204. The largest absolute Gasteiger partial charge is 0.303 e. The fourth-order valence-corrected chi connectivity index (χ4v) is 6.42. The molecule has 7 heteroatoms. The summed E-state index contributed by atoms with van der Waals surface area (Å²) in [7, 11) is 0. The van der Waals surface area contributed by atoms with E-state index in [1.807, 2.05) is 12.1 Å². The number of nitrogens with zero attached hydrogens (tertiary/aromatic N) is 5. The lowest BCUT2D eigenvalue weighted by Gasteiger charge is -2.18. The van der Waals surface area contributed by atoms with Crippen LogP contribution in [0.5, 0.6) is 0 Å². The topological polar surface area (TPSA) is 62.3 Å². The van der Waals surface area contributed by atoms with E-state index in [1.165, 1.54) is 5.56 Å². The summed E-state index contributed by atoms with van der Waals surface area (Å²) >= 11 is 1.64. The van der Waals surface area contributed by atoms with Gasteiger partial charge in [0, 0.05) is 56.1 Å². The minimum Gasteiger partial charge on any atom is -0.303 e. The number of ketones is 1. The average Bonchev–Trinajstić information content (AvgIpc) is 3.20. The number of rotatable bonds is 10. The van der Waals surface area contributed by atoms with Crippen molar-refractivity contribution in [1.29, 1.82) is 0 Å². The summed E-state index contributed by atoms with van der Waals surface area (Å²) in [5, 5.41) is 8.50. The van der Waals surface area contributed by atoms with Crippen LogP contribution in [-0.2, 0) is 0 Å². The Morgan fingerprint density at radius 3 is 2.81 bits per heavy atom. The molecule has 6 rings (SSSR count). The minimum atomic E-state index is -0.204. The van der Waals surface area contributed by atoms with E-state index in [9.17, 15) is 4.79 Å². The molecule has 1 saturated heterocycles. The number of hydrogen-bond donors (Lipinski definition) is 0. The van der Waals surface area contributed by atoms with Gasteiger partial charge in [-0.3, -0.25) is 9.20 Å². The molecule has 0 spiro atoms. The standard InChI is InChI=1S/C30H31N5OS/c1-3-4-14-30(32-33-30)15-17-34-16-13-22(19-34)7-12-27(36)24-10-11-26-28(18-24)37-29-31-25(20-35(26)29)23-8-5-21(2)6-9-23/h1,5-6,8-11,18,20,22H,4,7,12-17,19H2,2H3/t22-/m0/s1. The summed E-state index contributed by atoms with van der Waals surface area (Å²) in [6, 6.07) is 14.5. The predicted octanol–water partition coefficient (Wildman–Crippen LogP) is 6.77. The average molecular weight is 510 g/mol. The number of aryl methyl sites for hydroxylation is 1. The van der Waals surface area contributed by atoms with Gasteiger partial charge in [-0.05, 0) is 50.4 Å². The zero-order valence-electron chi connectivity index (χ0n) is 21.2. The zero-order chi connectivity index (χ0) is 25.4. The fourth-order valence-electron chi connectivity index (χ4n) is 5.37. The molecule has 0 saturated carbocycles. The first-order valence-electron chi connectivity index (χ1n) is 13.1. The van der Waals surface area contributed by atoms with E-state index in [0.29, 0.717) is 12.3 Å².